The van der Waals surface area contributed by atoms with E-state index in [4.69, 9.17) is 4.74 Å². The van der Waals surface area contributed by atoms with E-state index >= 15 is 0 Å². The lowest BCUT2D eigenvalue weighted by Gasteiger charge is -2.44. The molecule has 0 N–H and O–H groups in total. The summed E-state index contributed by atoms with van der Waals surface area (Å²) in [5.41, 5.74) is 0.0453. The second-order valence-electron chi connectivity index (χ2n) is 8.24. The van der Waals surface area contributed by atoms with E-state index in [0.29, 0.717) is 43.9 Å². The van der Waals surface area contributed by atoms with Crippen molar-refractivity contribution in [3.63, 3.8) is 0 Å². The van der Waals surface area contributed by atoms with Crippen molar-refractivity contribution < 1.29 is 22.7 Å². The van der Waals surface area contributed by atoms with Gasteiger partial charge >= 0.3 is 0 Å². The molecule has 1 amide bonds. The van der Waals surface area contributed by atoms with Crippen LogP contribution in [0.2, 0.25) is 0 Å². The van der Waals surface area contributed by atoms with Crippen LogP contribution in [-0.4, -0.2) is 67.1 Å². The third kappa shape index (κ3) is 4.33. The molecule has 31 heavy (non-hydrogen) atoms. The molecule has 9 heteroatoms. The number of aromatic nitrogens is 1. The van der Waals surface area contributed by atoms with E-state index in [0.717, 1.165) is 0 Å². The highest BCUT2D eigenvalue weighted by molar-refractivity contribution is 7.89. The number of Topliss-reactive ketones (excluding diaryl/α,β-unsaturated/α-hetero) is 1. The van der Waals surface area contributed by atoms with Gasteiger partial charge in [-0.1, -0.05) is 12.1 Å². The minimum absolute atomic E-state index is 0.0790. The van der Waals surface area contributed by atoms with Crippen LogP contribution in [0.5, 0.6) is 5.75 Å². The van der Waals surface area contributed by atoms with Crippen molar-refractivity contribution >= 4 is 21.7 Å². The number of ether oxygens (including phenoxy) is 1. The highest BCUT2D eigenvalue weighted by atomic mass is 32.2. The summed E-state index contributed by atoms with van der Waals surface area (Å²) in [6.07, 6.45) is 4.32. The number of hydrogen-bond acceptors (Lipinski definition) is 6. The number of carbonyl (C=O) groups is 2. The number of nitrogens with zero attached hydrogens (tertiary/aromatic N) is 3. The zero-order valence-corrected chi connectivity index (χ0v) is 18.2. The topological polar surface area (TPSA) is 96.9 Å². The molecule has 2 aromatic rings. The third-order valence-corrected chi connectivity index (χ3v) is 7.76. The van der Waals surface area contributed by atoms with E-state index in [1.165, 1.54) is 17.3 Å². The largest absolute Gasteiger partial charge is 0.492 e. The Morgan fingerprint density at radius 2 is 1.87 bits per heavy atom. The number of fused-ring (bicyclic) bond motifs is 1. The van der Waals surface area contributed by atoms with Gasteiger partial charge in [-0.3, -0.25) is 14.6 Å². The molecule has 2 aliphatic heterocycles. The van der Waals surface area contributed by atoms with Gasteiger partial charge in [0.15, 0.2) is 0 Å². The number of rotatable bonds is 3. The summed E-state index contributed by atoms with van der Waals surface area (Å²) in [6.45, 7) is 2.66. The number of likely N-dealkylation sites (tertiary alicyclic amines) is 1. The van der Waals surface area contributed by atoms with Gasteiger partial charge in [-0.15, -0.1) is 0 Å². The summed E-state index contributed by atoms with van der Waals surface area (Å²) in [7, 11) is -3.89. The molecule has 0 saturated carbocycles. The molecule has 1 aromatic heterocycles. The summed E-state index contributed by atoms with van der Waals surface area (Å²) in [6, 6.07) is 9.97. The molecular weight excluding hydrogens is 418 g/mol. The monoisotopic (exact) mass is 443 g/mol. The van der Waals surface area contributed by atoms with Gasteiger partial charge < -0.3 is 9.64 Å². The number of hydrogen-bond donors (Lipinski definition) is 0. The summed E-state index contributed by atoms with van der Waals surface area (Å²) in [5.74, 6) is -0.0147. The molecule has 1 saturated heterocycles. The lowest BCUT2D eigenvalue weighted by Crippen LogP contribution is -2.53. The first kappa shape index (κ1) is 21.5. The van der Waals surface area contributed by atoms with Gasteiger partial charge in [-0.05, 0) is 44.0 Å². The van der Waals surface area contributed by atoms with Crippen molar-refractivity contribution in [1.82, 2.24) is 14.2 Å². The first-order valence-electron chi connectivity index (χ1n) is 10.2. The Labute approximate surface area is 181 Å². The van der Waals surface area contributed by atoms with Gasteiger partial charge in [0.25, 0.3) is 5.91 Å². The van der Waals surface area contributed by atoms with Gasteiger partial charge in [-0.2, -0.15) is 4.31 Å². The van der Waals surface area contributed by atoms with Crippen LogP contribution in [0.3, 0.4) is 0 Å². The molecule has 3 heterocycles. The number of sulfonamides is 1. The Hall–Kier alpha value is -2.78. The van der Waals surface area contributed by atoms with Crippen LogP contribution in [0, 0.1) is 5.41 Å². The number of ketones is 1. The van der Waals surface area contributed by atoms with Crippen molar-refractivity contribution in [2.45, 2.75) is 24.7 Å². The maximum Gasteiger partial charge on any atom is 0.255 e. The molecule has 1 spiro atoms. The Morgan fingerprint density at radius 3 is 2.55 bits per heavy atom. The van der Waals surface area contributed by atoms with E-state index in [9.17, 15) is 18.0 Å². The fourth-order valence-electron chi connectivity index (χ4n) is 4.20. The van der Waals surface area contributed by atoms with Crippen molar-refractivity contribution in [1.29, 1.82) is 0 Å². The van der Waals surface area contributed by atoms with Crippen molar-refractivity contribution in [3.05, 3.63) is 54.4 Å². The van der Waals surface area contributed by atoms with Crippen LogP contribution in [0.15, 0.2) is 53.7 Å². The number of pyridine rings is 1. The second-order valence-corrected chi connectivity index (χ2v) is 10.2. The van der Waals surface area contributed by atoms with Crippen molar-refractivity contribution in [2.75, 3.05) is 32.8 Å². The minimum atomic E-state index is -3.89. The zero-order chi connectivity index (χ0) is 22.1. The first-order chi connectivity index (χ1) is 14.8. The van der Waals surface area contributed by atoms with Crippen molar-refractivity contribution in [2.24, 2.45) is 5.41 Å². The highest BCUT2D eigenvalue weighted by Gasteiger charge is 2.43. The number of amides is 1. The molecule has 1 fully saturated rings. The predicted molar refractivity (Wildman–Crippen MR) is 113 cm³/mol. The quantitative estimate of drug-likeness (QED) is 0.720. The molecule has 0 bridgehead atoms. The lowest BCUT2D eigenvalue weighted by molar-refractivity contribution is -0.117. The maximum absolute atomic E-state index is 13.3. The van der Waals surface area contributed by atoms with Crippen molar-refractivity contribution in [3.8, 4) is 5.75 Å². The first-order valence-corrected chi connectivity index (χ1v) is 11.7. The minimum Gasteiger partial charge on any atom is -0.492 e. The average molecular weight is 444 g/mol. The third-order valence-electron chi connectivity index (χ3n) is 5.93. The molecule has 8 nitrogen and oxygen atoms in total. The molecule has 0 radical (unpaired) electrons. The summed E-state index contributed by atoms with van der Waals surface area (Å²) >= 11 is 0. The van der Waals surface area contributed by atoms with E-state index in [1.807, 2.05) is 0 Å². The fraction of sp³-hybridized carbons (Fsp3) is 0.409. The van der Waals surface area contributed by atoms with Crippen LogP contribution in [0.4, 0.5) is 0 Å². The predicted octanol–water partition coefficient (Wildman–Crippen LogP) is 1.98. The van der Waals surface area contributed by atoms with E-state index in [-0.39, 0.29) is 29.7 Å². The number of piperidine rings is 1. The normalized spacial score (nSPS) is 20.2. The van der Waals surface area contributed by atoms with Gasteiger partial charge in [-0.25, -0.2) is 8.42 Å². The number of para-hydroxylation sites is 1. The second kappa shape index (κ2) is 8.39. The molecule has 0 aliphatic carbocycles. The average Bonchev–Trinajstić information content (AvgIpc) is 2.77. The van der Waals surface area contributed by atoms with Crippen LogP contribution >= 0.6 is 0 Å². The molecular formula is C22H25N3O5S. The highest BCUT2D eigenvalue weighted by Crippen LogP contribution is 2.39. The Bertz CT molecular complexity index is 1080. The fourth-order valence-corrected chi connectivity index (χ4v) is 5.91. The van der Waals surface area contributed by atoms with Crippen LogP contribution in [0.25, 0.3) is 0 Å². The van der Waals surface area contributed by atoms with Gasteiger partial charge in [0.05, 0.1) is 18.7 Å². The van der Waals surface area contributed by atoms with Crippen LogP contribution < -0.4 is 4.74 Å². The van der Waals surface area contributed by atoms with Gasteiger partial charge in [0, 0.05) is 37.4 Å². The SMILES string of the molecule is CC(=O)CN1CC2(CCN(C(=O)c3cccnc3)CC2)COc2ccccc2S1(=O)=O. The Balaban J connectivity index is 1.59. The molecule has 4 rings (SSSR count). The Morgan fingerprint density at radius 1 is 1.13 bits per heavy atom. The lowest BCUT2D eigenvalue weighted by atomic mass is 9.78. The molecule has 164 valence electrons. The van der Waals surface area contributed by atoms with E-state index < -0.39 is 15.4 Å². The van der Waals surface area contributed by atoms with E-state index in [1.54, 1.807) is 47.6 Å². The number of benzene rings is 1. The number of carbonyl (C=O) groups excluding carboxylic acids is 2. The van der Waals surface area contributed by atoms with Gasteiger partial charge in [0.1, 0.15) is 16.4 Å². The zero-order valence-electron chi connectivity index (χ0n) is 17.4. The maximum atomic E-state index is 13.3. The van der Waals surface area contributed by atoms with Crippen LogP contribution in [-0.2, 0) is 14.8 Å². The molecule has 1 aromatic carbocycles. The standard InChI is InChI=1S/C22H25N3O5S/c1-17(26)14-25-15-22(16-30-19-6-2-3-7-20(19)31(25,28)29)8-11-24(12-9-22)21(27)18-5-4-10-23-13-18/h2-7,10,13H,8-9,11-12,14-16H2,1H3. The molecule has 0 unspecified atom stereocenters. The van der Waals surface area contributed by atoms with E-state index in [2.05, 4.69) is 4.98 Å². The smallest absolute Gasteiger partial charge is 0.255 e. The summed E-state index contributed by atoms with van der Waals surface area (Å²) in [4.78, 5) is 30.5. The molecule has 2 aliphatic rings. The van der Waals surface area contributed by atoms with Crippen LogP contribution in [0.1, 0.15) is 30.1 Å². The Kier molecular flexibility index (Phi) is 5.81. The molecule has 0 atom stereocenters. The summed E-state index contributed by atoms with van der Waals surface area (Å²) < 4.78 is 33.9. The summed E-state index contributed by atoms with van der Waals surface area (Å²) in [5, 5.41) is 0. The van der Waals surface area contributed by atoms with Gasteiger partial charge in [0.2, 0.25) is 10.0 Å².